The Hall–Kier alpha value is -2.09. The van der Waals surface area contributed by atoms with Crippen LogP contribution in [-0.2, 0) is 0 Å². The van der Waals surface area contributed by atoms with Crippen LogP contribution in [0.3, 0.4) is 0 Å². The van der Waals surface area contributed by atoms with E-state index >= 15 is 0 Å². The van der Waals surface area contributed by atoms with Crippen molar-refractivity contribution < 1.29 is 18.0 Å². The molecule has 1 aromatic carbocycles. The monoisotopic (exact) mass is 299 g/mol. The topological polar surface area (TPSA) is 54.9 Å². The normalized spacial score (nSPS) is 11.2. The van der Waals surface area contributed by atoms with Gasteiger partial charge in [0.05, 0.1) is 11.9 Å². The van der Waals surface area contributed by atoms with Crippen LogP contribution in [0.5, 0.6) is 0 Å². The molecule has 0 atom stereocenters. The first-order valence-electron chi connectivity index (χ1n) is 5.38. The summed E-state index contributed by atoms with van der Waals surface area (Å²) in [5.74, 6) is -0.617. The van der Waals surface area contributed by atoms with Crippen LogP contribution >= 0.6 is 11.8 Å². The maximum atomic E-state index is 12.4. The van der Waals surface area contributed by atoms with E-state index in [1.165, 1.54) is 42.9 Å². The summed E-state index contributed by atoms with van der Waals surface area (Å²) in [4.78, 5) is 19.2. The van der Waals surface area contributed by atoms with Crippen molar-refractivity contribution >= 4 is 23.4 Å². The van der Waals surface area contributed by atoms with Crippen molar-refractivity contribution in [2.45, 2.75) is 10.4 Å². The fraction of sp³-hybridized carbons (Fsp3) is 0.0833. The van der Waals surface area contributed by atoms with Crippen LogP contribution in [0.2, 0.25) is 0 Å². The molecule has 0 radical (unpaired) electrons. The first-order chi connectivity index (χ1) is 9.46. The fourth-order valence-corrected chi connectivity index (χ4v) is 2.01. The number of benzene rings is 1. The van der Waals surface area contributed by atoms with Gasteiger partial charge >= 0.3 is 5.51 Å². The Kier molecular flexibility index (Phi) is 4.23. The van der Waals surface area contributed by atoms with Gasteiger partial charge in [-0.25, -0.2) is 4.98 Å². The maximum Gasteiger partial charge on any atom is 0.446 e. The third-order valence-electron chi connectivity index (χ3n) is 2.16. The molecule has 2 rings (SSSR count). The minimum absolute atomic E-state index is 0.0271. The van der Waals surface area contributed by atoms with Crippen molar-refractivity contribution in [1.29, 1.82) is 0 Å². The molecule has 20 heavy (non-hydrogen) atoms. The summed E-state index contributed by atoms with van der Waals surface area (Å²) in [6, 6.07) is 5.67. The van der Waals surface area contributed by atoms with Gasteiger partial charge < -0.3 is 5.32 Å². The Morgan fingerprint density at radius 2 is 1.95 bits per heavy atom. The molecule has 0 aliphatic rings. The number of rotatable bonds is 3. The predicted molar refractivity (Wildman–Crippen MR) is 68.3 cm³/mol. The van der Waals surface area contributed by atoms with E-state index in [4.69, 9.17) is 0 Å². The molecule has 104 valence electrons. The number of aromatic nitrogens is 2. The van der Waals surface area contributed by atoms with Gasteiger partial charge in [0.15, 0.2) is 0 Å². The van der Waals surface area contributed by atoms with Crippen LogP contribution in [-0.4, -0.2) is 21.4 Å². The summed E-state index contributed by atoms with van der Waals surface area (Å²) in [6.07, 6.45) is 3.95. The number of nitrogens with one attached hydrogen (secondary N) is 1. The summed E-state index contributed by atoms with van der Waals surface area (Å²) in [5.41, 5.74) is -4.32. The molecular formula is C12H8F3N3OS. The summed E-state index contributed by atoms with van der Waals surface area (Å²) in [7, 11) is 0. The number of thioether (sulfide) groups is 1. The lowest BCUT2D eigenvalue weighted by Gasteiger charge is -2.11. The van der Waals surface area contributed by atoms with Crippen LogP contribution in [0.4, 0.5) is 18.9 Å². The molecule has 1 N–H and O–H groups in total. The second kappa shape index (κ2) is 5.91. The van der Waals surface area contributed by atoms with E-state index in [0.717, 1.165) is 0 Å². The van der Waals surface area contributed by atoms with Crippen LogP contribution in [0, 0.1) is 0 Å². The quantitative estimate of drug-likeness (QED) is 0.883. The largest absolute Gasteiger partial charge is 0.446 e. The number of hydrogen-bond donors (Lipinski definition) is 1. The van der Waals surface area contributed by atoms with Crippen molar-refractivity contribution in [1.82, 2.24) is 9.97 Å². The lowest BCUT2D eigenvalue weighted by Crippen LogP contribution is -2.14. The second-order valence-corrected chi connectivity index (χ2v) is 4.70. The van der Waals surface area contributed by atoms with E-state index in [2.05, 4.69) is 15.3 Å². The summed E-state index contributed by atoms with van der Waals surface area (Å²) < 4.78 is 37.2. The smallest absolute Gasteiger partial charge is 0.320 e. The van der Waals surface area contributed by atoms with Crippen LogP contribution in [0.15, 0.2) is 47.8 Å². The molecule has 0 aliphatic heterocycles. The number of anilines is 1. The van der Waals surface area contributed by atoms with Gasteiger partial charge in [0.2, 0.25) is 0 Å². The van der Waals surface area contributed by atoms with E-state index < -0.39 is 11.4 Å². The number of alkyl halides is 3. The van der Waals surface area contributed by atoms with E-state index in [1.54, 1.807) is 0 Å². The predicted octanol–water partition coefficient (Wildman–Crippen LogP) is 3.34. The van der Waals surface area contributed by atoms with Gasteiger partial charge in [-0.2, -0.15) is 13.2 Å². The number of carbonyl (C=O) groups excluding carboxylic acids is 1. The molecule has 0 spiro atoms. The summed E-state index contributed by atoms with van der Waals surface area (Å²) >= 11 is -0.286. The summed E-state index contributed by atoms with van der Waals surface area (Å²) in [6.45, 7) is 0. The van der Waals surface area contributed by atoms with Gasteiger partial charge in [0.25, 0.3) is 5.91 Å². The fourth-order valence-electron chi connectivity index (χ4n) is 1.39. The highest BCUT2D eigenvalue weighted by Crippen LogP contribution is 2.40. The highest BCUT2D eigenvalue weighted by atomic mass is 32.2. The number of nitrogens with zero attached hydrogens (tertiary/aromatic N) is 2. The Morgan fingerprint density at radius 1 is 1.20 bits per heavy atom. The van der Waals surface area contributed by atoms with Crippen LogP contribution in [0.1, 0.15) is 10.5 Å². The van der Waals surface area contributed by atoms with E-state index in [-0.39, 0.29) is 28.0 Å². The second-order valence-electron chi connectivity index (χ2n) is 3.59. The molecule has 1 heterocycles. The van der Waals surface area contributed by atoms with Gasteiger partial charge in [-0.15, -0.1) is 0 Å². The number of carbonyl (C=O) groups is 1. The number of hydrogen-bond acceptors (Lipinski definition) is 4. The molecule has 0 unspecified atom stereocenters. The van der Waals surface area contributed by atoms with Gasteiger partial charge in [0, 0.05) is 17.3 Å². The molecule has 0 saturated heterocycles. The van der Waals surface area contributed by atoms with Crippen molar-refractivity contribution in [3.05, 3.63) is 48.5 Å². The van der Waals surface area contributed by atoms with E-state index in [0.29, 0.717) is 0 Å². The highest BCUT2D eigenvalue weighted by molar-refractivity contribution is 8.00. The Balaban J connectivity index is 2.20. The van der Waals surface area contributed by atoms with Crippen LogP contribution in [0.25, 0.3) is 0 Å². The zero-order valence-electron chi connectivity index (χ0n) is 9.89. The third kappa shape index (κ3) is 3.95. The Morgan fingerprint density at radius 3 is 2.60 bits per heavy atom. The van der Waals surface area contributed by atoms with Crippen molar-refractivity contribution in [3.8, 4) is 0 Å². The average Bonchev–Trinajstić information content (AvgIpc) is 2.40. The molecule has 1 amide bonds. The number of halogens is 3. The SMILES string of the molecule is O=C(Nc1ccccc1SC(F)(F)F)c1cnccn1. The van der Waals surface area contributed by atoms with Crippen molar-refractivity contribution in [3.63, 3.8) is 0 Å². The first kappa shape index (κ1) is 14.3. The molecule has 0 bridgehead atoms. The summed E-state index contributed by atoms with van der Waals surface area (Å²) in [5, 5.41) is 2.39. The lowest BCUT2D eigenvalue weighted by molar-refractivity contribution is -0.0328. The molecule has 8 heteroatoms. The zero-order valence-corrected chi connectivity index (χ0v) is 10.7. The third-order valence-corrected chi connectivity index (χ3v) is 2.96. The van der Waals surface area contributed by atoms with E-state index in [1.807, 2.05) is 0 Å². The van der Waals surface area contributed by atoms with E-state index in [9.17, 15) is 18.0 Å². The standard InChI is InChI=1S/C12H8F3N3OS/c13-12(14,15)20-10-4-2-1-3-8(10)18-11(19)9-7-16-5-6-17-9/h1-7H,(H,18,19). The Bertz CT molecular complexity index is 604. The molecule has 0 fully saturated rings. The minimum atomic E-state index is -4.42. The van der Waals surface area contributed by atoms with Crippen LogP contribution < -0.4 is 5.32 Å². The lowest BCUT2D eigenvalue weighted by atomic mass is 10.3. The van der Waals surface area contributed by atoms with Crippen molar-refractivity contribution in [2.24, 2.45) is 0 Å². The minimum Gasteiger partial charge on any atom is -0.320 e. The number of para-hydroxylation sites is 1. The number of amides is 1. The van der Waals surface area contributed by atoms with Gasteiger partial charge in [-0.3, -0.25) is 9.78 Å². The van der Waals surface area contributed by atoms with Crippen molar-refractivity contribution in [2.75, 3.05) is 5.32 Å². The van der Waals surface area contributed by atoms with Gasteiger partial charge in [-0.1, -0.05) is 12.1 Å². The molecule has 2 aromatic rings. The first-order valence-corrected chi connectivity index (χ1v) is 6.19. The Labute approximate surface area is 116 Å². The molecule has 4 nitrogen and oxygen atoms in total. The molecular weight excluding hydrogens is 291 g/mol. The van der Waals surface area contributed by atoms with Gasteiger partial charge in [-0.05, 0) is 23.9 Å². The maximum absolute atomic E-state index is 12.4. The zero-order chi connectivity index (χ0) is 14.6. The highest BCUT2D eigenvalue weighted by Gasteiger charge is 2.30. The van der Waals surface area contributed by atoms with Gasteiger partial charge in [0.1, 0.15) is 5.69 Å². The molecule has 1 aromatic heterocycles. The molecule has 0 saturated carbocycles. The average molecular weight is 299 g/mol. The molecule has 0 aliphatic carbocycles.